The van der Waals surface area contributed by atoms with Gasteiger partial charge in [-0.05, 0) is 58.7 Å². The van der Waals surface area contributed by atoms with Crippen molar-refractivity contribution in [2.24, 2.45) is 0 Å². The van der Waals surface area contributed by atoms with Crippen LogP contribution in [0.1, 0.15) is 44.7 Å². The van der Waals surface area contributed by atoms with Gasteiger partial charge in [-0.15, -0.1) is 0 Å². The van der Waals surface area contributed by atoms with Gasteiger partial charge < -0.3 is 4.74 Å². The zero-order chi connectivity index (χ0) is 13.2. The molecule has 18 heavy (non-hydrogen) atoms. The molecule has 0 saturated heterocycles. The molecule has 0 radical (unpaired) electrons. The van der Waals surface area contributed by atoms with Crippen LogP contribution in [0.4, 0.5) is 0 Å². The van der Waals surface area contributed by atoms with Gasteiger partial charge in [0.2, 0.25) is 0 Å². The van der Waals surface area contributed by atoms with Crippen molar-refractivity contribution in [3.05, 3.63) is 47.1 Å². The highest BCUT2D eigenvalue weighted by Gasteiger charge is 2.26. The van der Waals surface area contributed by atoms with Crippen molar-refractivity contribution in [3.63, 3.8) is 0 Å². The van der Waals surface area contributed by atoms with Crippen molar-refractivity contribution in [1.29, 1.82) is 0 Å². The third-order valence-corrected chi connectivity index (χ3v) is 3.32. The van der Waals surface area contributed by atoms with Gasteiger partial charge in [0.05, 0.1) is 0 Å². The number of aryl methyl sites for hydroxylation is 1. The summed E-state index contributed by atoms with van der Waals surface area (Å²) in [6.45, 7) is 8.54. The molecule has 1 heteroatoms. The molecule has 1 aliphatic rings. The molecule has 0 fully saturated rings. The first-order valence-electron chi connectivity index (χ1n) is 6.61. The van der Waals surface area contributed by atoms with E-state index in [0.717, 1.165) is 18.6 Å². The number of rotatable bonds is 3. The van der Waals surface area contributed by atoms with Crippen molar-refractivity contribution in [2.45, 2.75) is 46.1 Å². The van der Waals surface area contributed by atoms with E-state index in [9.17, 15) is 0 Å². The number of benzene rings is 1. The Morgan fingerprint density at radius 2 is 2.11 bits per heavy atom. The Morgan fingerprint density at radius 1 is 1.33 bits per heavy atom. The van der Waals surface area contributed by atoms with Gasteiger partial charge in [-0.1, -0.05) is 29.4 Å². The predicted octanol–water partition coefficient (Wildman–Crippen LogP) is 4.91. The molecule has 0 aliphatic carbocycles. The summed E-state index contributed by atoms with van der Waals surface area (Å²) in [7, 11) is 0. The fourth-order valence-electron chi connectivity index (χ4n) is 2.22. The molecule has 0 unspecified atom stereocenters. The lowest BCUT2D eigenvalue weighted by Gasteiger charge is -2.31. The minimum absolute atomic E-state index is 0.172. The van der Waals surface area contributed by atoms with E-state index in [1.165, 1.54) is 16.7 Å². The van der Waals surface area contributed by atoms with E-state index in [1.54, 1.807) is 0 Å². The zero-order valence-corrected chi connectivity index (χ0v) is 11.8. The largest absolute Gasteiger partial charge is 0.483 e. The monoisotopic (exact) mass is 242 g/mol. The minimum atomic E-state index is -0.172. The summed E-state index contributed by atoms with van der Waals surface area (Å²) in [6.07, 6.45) is 8.72. The van der Waals surface area contributed by atoms with Crippen molar-refractivity contribution >= 4 is 6.08 Å². The number of ether oxygens (including phenoxy) is 1. The van der Waals surface area contributed by atoms with Crippen LogP contribution in [-0.4, -0.2) is 5.60 Å². The molecule has 0 saturated carbocycles. The van der Waals surface area contributed by atoms with Gasteiger partial charge in [-0.25, -0.2) is 0 Å². The van der Waals surface area contributed by atoms with Crippen molar-refractivity contribution < 1.29 is 4.74 Å². The molecule has 1 aliphatic heterocycles. The Balaban J connectivity index is 2.11. The van der Waals surface area contributed by atoms with Crippen LogP contribution >= 0.6 is 0 Å². The number of hydrogen-bond acceptors (Lipinski definition) is 1. The molecule has 96 valence electrons. The summed E-state index contributed by atoms with van der Waals surface area (Å²) in [5.74, 6) is 1.00. The summed E-state index contributed by atoms with van der Waals surface area (Å²) >= 11 is 0. The lowest BCUT2D eigenvalue weighted by molar-refractivity contribution is 0.128. The maximum absolute atomic E-state index is 6.14. The highest BCUT2D eigenvalue weighted by Crippen LogP contribution is 2.33. The van der Waals surface area contributed by atoms with Gasteiger partial charge in [-0.2, -0.15) is 0 Å². The highest BCUT2D eigenvalue weighted by molar-refractivity contribution is 5.61. The molecule has 0 N–H and O–H groups in total. The molecule has 0 spiro atoms. The average molecular weight is 242 g/mol. The molecule has 2 rings (SSSR count). The molecule has 1 atom stereocenters. The van der Waals surface area contributed by atoms with Crippen LogP contribution < -0.4 is 4.74 Å². The quantitative estimate of drug-likeness (QED) is 0.685. The molecular formula is C17H22O. The molecule has 0 aromatic heterocycles. The number of allylic oxidation sites excluding steroid dienone is 2. The number of hydrogen-bond donors (Lipinski definition) is 0. The van der Waals surface area contributed by atoms with Gasteiger partial charge in [0.15, 0.2) is 0 Å². The van der Waals surface area contributed by atoms with E-state index in [4.69, 9.17) is 4.74 Å². The second-order valence-corrected chi connectivity index (χ2v) is 5.61. The van der Waals surface area contributed by atoms with E-state index >= 15 is 0 Å². The lowest BCUT2D eigenvalue weighted by Crippen LogP contribution is -2.31. The molecular weight excluding hydrogens is 220 g/mol. The van der Waals surface area contributed by atoms with E-state index in [2.05, 4.69) is 64.1 Å². The first-order chi connectivity index (χ1) is 8.48. The summed E-state index contributed by atoms with van der Waals surface area (Å²) < 4.78 is 6.14. The number of fused-ring (bicyclic) bond motifs is 1. The van der Waals surface area contributed by atoms with Crippen LogP contribution in [0.2, 0.25) is 0 Å². The first kappa shape index (κ1) is 12.9. The van der Waals surface area contributed by atoms with E-state index < -0.39 is 0 Å². The highest BCUT2D eigenvalue weighted by atomic mass is 16.5. The fraction of sp³-hybridized carbons (Fsp3) is 0.412. The summed E-state index contributed by atoms with van der Waals surface area (Å²) in [6, 6.07) is 6.35. The summed E-state index contributed by atoms with van der Waals surface area (Å²) in [4.78, 5) is 0. The topological polar surface area (TPSA) is 9.23 Å². The van der Waals surface area contributed by atoms with E-state index in [1.807, 2.05) is 0 Å². The molecule has 1 nitrogen and oxygen atoms in total. The Labute approximate surface area is 110 Å². The molecule has 1 aromatic rings. The Hall–Kier alpha value is -1.50. The maximum Gasteiger partial charge on any atom is 0.127 e. The minimum Gasteiger partial charge on any atom is -0.483 e. The average Bonchev–Trinajstić information content (AvgIpc) is 2.29. The lowest BCUT2D eigenvalue weighted by atomic mass is 9.94. The second-order valence-electron chi connectivity index (χ2n) is 5.61. The third kappa shape index (κ3) is 3.04. The Bertz CT molecular complexity index is 492. The van der Waals surface area contributed by atoms with Gasteiger partial charge >= 0.3 is 0 Å². The first-order valence-corrected chi connectivity index (χ1v) is 6.61. The van der Waals surface area contributed by atoms with Gasteiger partial charge in [0, 0.05) is 5.56 Å². The van der Waals surface area contributed by atoms with Crippen LogP contribution in [0.15, 0.2) is 35.9 Å². The normalized spacial score (nSPS) is 21.1. The van der Waals surface area contributed by atoms with Crippen molar-refractivity contribution in [3.8, 4) is 5.75 Å². The van der Waals surface area contributed by atoms with Crippen LogP contribution in [-0.2, 0) is 0 Å². The van der Waals surface area contributed by atoms with Crippen LogP contribution in [0.5, 0.6) is 5.75 Å². The van der Waals surface area contributed by atoms with Crippen molar-refractivity contribution in [2.75, 3.05) is 0 Å². The molecule has 0 bridgehead atoms. The van der Waals surface area contributed by atoms with Crippen LogP contribution in [0.3, 0.4) is 0 Å². The Morgan fingerprint density at radius 3 is 2.83 bits per heavy atom. The van der Waals surface area contributed by atoms with E-state index in [0.29, 0.717) is 0 Å². The molecule has 1 heterocycles. The van der Waals surface area contributed by atoms with Gasteiger partial charge in [0.1, 0.15) is 11.4 Å². The van der Waals surface area contributed by atoms with E-state index in [-0.39, 0.29) is 5.60 Å². The Kier molecular flexibility index (Phi) is 3.60. The third-order valence-electron chi connectivity index (χ3n) is 3.32. The van der Waals surface area contributed by atoms with Gasteiger partial charge in [-0.3, -0.25) is 0 Å². The molecule has 0 amide bonds. The van der Waals surface area contributed by atoms with Crippen LogP contribution in [0, 0.1) is 6.92 Å². The smallest absolute Gasteiger partial charge is 0.127 e. The van der Waals surface area contributed by atoms with Crippen molar-refractivity contribution in [1.82, 2.24) is 0 Å². The fourth-order valence-corrected chi connectivity index (χ4v) is 2.22. The summed E-state index contributed by atoms with van der Waals surface area (Å²) in [5, 5.41) is 0. The maximum atomic E-state index is 6.14. The molecule has 1 aromatic carbocycles. The van der Waals surface area contributed by atoms with Crippen LogP contribution in [0.25, 0.3) is 6.08 Å². The standard InChI is InChI=1S/C17H22O/c1-13(2)6-5-10-17(4)11-9-15-12-14(3)7-8-16(15)18-17/h6-9,11-12H,5,10H2,1-4H3/t17-/m0/s1. The SMILES string of the molecule is CC(C)=CCC[C@@]1(C)C=Cc2cc(C)ccc2O1. The second kappa shape index (κ2) is 5.01. The zero-order valence-electron chi connectivity index (χ0n) is 11.8. The summed E-state index contributed by atoms with van der Waals surface area (Å²) in [5.41, 5.74) is 3.66. The van der Waals surface area contributed by atoms with Gasteiger partial charge in [0.25, 0.3) is 0 Å². The predicted molar refractivity (Wildman–Crippen MR) is 77.9 cm³/mol.